The summed E-state index contributed by atoms with van der Waals surface area (Å²) in [5, 5.41) is 2.66. The van der Waals surface area contributed by atoms with E-state index in [1.807, 2.05) is 17.2 Å². The second-order valence-corrected chi connectivity index (χ2v) is 6.53. The zero-order chi connectivity index (χ0) is 15.8. The molecule has 4 rings (SSSR count). The van der Waals surface area contributed by atoms with E-state index < -0.39 is 6.04 Å². The third-order valence-electron chi connectivity index (χ3n) is 5.14. The van der Waals surface area contributed by atoms with Crippen molar-refractivity contribution in [3.05, 3.63) is 18.0 Å². The normalized spacial score (nSPS) is 25.5. The molecule has 3 heterocycles. The fourth-order valence-electron chi connectivity index (χ4n) is 3.83. The summed E-state index contributed by atoms with van der Waals surface area (Å²) in [5.41, 5.74) is 1.11. The van der Waals surface area contributed by atoms with Crippen molar-refractivity contribution >= 4 is 17.8 Å². The molecule has 2 aliphatic heterocycles. The molecule has 0 unspecified atom stereocenters. The Balaban J connectivity index is 1.53. The monoisotopic (exact) mass is 315 g/mol. The molecule has 0 radical (unpaired) electrons. The largest absolute Gasteiger partial charge is 0.345 e. The van der Waals surface area contributed by atoms with Crippen LogP contribution in [-0.4, -0.2) is 58.9 Å². The van der Waals surface area contributed by atoms with Crippen molar-refractivity contribution < 1.29 is 9.59 Å². The lowest BCUT2D eigenvalue weighted by molar-refractivity contribution is -0.146. The van der Waals surface area contributed by atoms with Gasteiger partial charge in [0.1, 0.15) is 6.04 Å². The van der Waals surface area contributed by atoms with Gasteiger partial charge in [0.25, 0.3) is 0 Å². The molecule has 1 atom stereocenters. The summed E-state index contributed by atoms with van der Waals surface area (Å²) >= 11 is 0. The molecule has 7 nitrogen and oxygen atoms in total. The number of aromatic nitrogens is 2. The Kier molecular flexibility index (Phi) is 3.63. The maximum Gasteiger partial charge on any atom is 0.245 e. The predicted octanol–water partition coefficient (Wildman–Crippen LogP) is 0.281. The molecule has 122 valence electrons. The Morgan fingerprint density at radius 1 is 1.17 bits per heavy atom. The number of rotatable bonds is 2. The van der Waals surface area contributed by atoms with Crippen LogP contribution >= 0.6 is 0 Å². The molecule has 7 heteroatoms. The highest BCUT2D eigenvalue weighted by molar-refractivity contribution is 5.95. The summed E-state index contributed by atoms with van der Waals surface area (Å²) in [7, 11) is 0. The summed E-state index contributed by atoms with van der Waals surface area (Å²) in [6.45, 7) is 1.80. The number of fused-ring (bicyclic) bond motifs is 1. The van der Waals surface area contributed by atoms with Crippen molar-refractivity contribution in [1.29, 1.82) is 0 Å². The molecule has 3 fully saturated rings. The van der Waals surface area contributed by atoms with Crippen LogP contribution in [0.1, 0.15) is 37.3 Å². The number of hydrogen-bond acceptors (Lipinski definition) is 5. The average molecular weight is 315 g/mol. The van der Waals surface area contributed by atoms with E-state index in [4.69, 9.17) is 4.98 Å². The van der Waals surface area contributed by atoms with Crippen molar-refractivity contribution in [3.63, 3.8) is 0 Å². The van der Waals surface area contributed by atoms with E-state index >= 15 is 0 Å². The molecular formula is C16H21N5O2. The van der Waals surface area contributed by atoms with Crippen LogP contribution in [0.15, 0.2) is 12.3 Å². The average Bonchev–Trinajstić information content (AvgIpc) is 3.13. The van der Waals surface area contributed by atoms with Gasteiger partial charge in [-0.25, -0.2) is 9.97 Å². The van der Waals surface area contributed by atoms with Crippen molar-refractivity contribution in [2.75, 3.05) is 31.1 Å². The number of carbonyl (C=O) groups excluding carboxylic acids is 2. The van der Waals surface area contributed by atoms with E-state index in [-0.39, 0.29) is 18.4 Å². The van der Waals surface area contributed by atoms with E-state index in [1.165, 1.54) is 25.7 Å². The molecular weight excluding hydrogens is 294 g/mol. The zero-order valence-corrected chi connectivity index (χ0v) is 13.1. The molecule has 1 aliphatic carbocycles. The lowest BCUT2D eigenvalue weighted by Gasteiger charge is -2.42. The first-order valence-corrected chi connectivity index (χ1v) is 8.37. The molecule has 3 aliphatic rings. The number of anilines is 1. The zero-order valence-electron chi connectivity index (χ0n) is 13.1. The van der Waals surface area contributed by atoms with Gasteiger partial charge in [-0.15, -0.1) is 0 Å². The molecule has 2 amide bonds. The smallest absolute Gasteiger partial charge is 0.245 e. The standard InChI is InChI=1S/C16H21N5O2/c22-14-9-18-15(23)13-10-20(7-8-21(13)14)16-17-6-5-12(19-16)11-3-1-2-4-11/h5-6,11,13H,1-4,7-10H2,(H,18,23)/t13-/m0/s1. The first-order chi connectivity index (χ1) is 11.2. The fourth-order valence-corrected chi connectivity index (χ4v) is 3.83. The second kappa shape index (κ2) is 5.79. The first kappa shape index (κ1) is 14.4. The third-order valence-corrected chi connectivity index (χ3v) is 5.14. The molecule has 2 saturated heterocycles. The van der Waals surface area contributed by atoms with Gasteiger partial charge < -0.3 is 15.1 Å². The highest BCUT2D eigenvalue weighted by atomic mass is 16.2. The van der Waals surface area contributed by atoms with E-state index in [1.54, 1.807) is 4.90 Å². The maximum absolute atomic E-state index is 12.1. The third kappa shape index (κ3) is 2.64. The number of amides is 2. The Hall–Kier alpha value is -2.18. The summed E-state index contributed by atoms with van der Waals surface area (Å²) in [6.07, 6.45) is 6.75. The van der Waals surface area contributed by atoms with Gasteiger partial charge in [0.2, 0.25) is 17.8 Å². The van der Waals surface area contributed by atoms with E-state index in [0.717, 1.165) is 5.69 Å². The maximum atomic E-state index is 12.1. The molecule has 0 spiro atoms. The van der Waals surface area contributed by atoms with Gasteiger partial charge in [0, 0.05) is 30.9 Å². The Bertz CT molecular complexity index is 629. The Morgan fingerprint density at radius 2 is 2.00 bits per heavy atom. The van der Waals surface area contributed by atoms with Crippen molar-refractivity contribution in [2.24, 2.45) is 0 Å². The van der Waals surface area contributed by atoms with Gasteiger partial charge in [-0.05, 0) is 18.9 Å². The Labute approximate surface area is 135 Å². The van der Waals surface area contributed by atoms with Gasteiger partial charge in [-0.2, -0.15) is 0 Å². The molecule has 0 aromatic carbocycles. The van der Waals surface area contributed by atoms with Crippen LogP contribution in [0.4, 0.5) is 5.95 Å². The summed E-state index contributed by atoms with van der Waals surface area (Å²) in [5.74, 6) is 1.13. The quantitative estimate of drug-likeness (QED) is 0.848. The predicted molar refractivity (Wildman–Crippen MR) is 84.0 cm³/mol. The van der Waals surface area contributed by atoms with E-state index in [2.05, 4.69) is 10.3 Å². The van der Waals surface area contributed by atoms with E-state index in [0.29, 0.717) is 31.5 Å². The fraction of sp³-hybridized carbons (Fsp3) is 0.625. The van der Waals surface area contributed by atoms with Gasteiger partial charge >= 0.3 is 0 Å². The number of hydrogen-bond donors (Lipinski definition) is 1. The van der Waals surface area contributed by atoms with Crippen LogP contribution in [0, 0.1) is 0 Å². The van der Waals surface area contributed by atoms with Crippen LogP contribution in [0.3, 0.4) is 0 Å². The molecule has 23 heavy (non-hydrogen) atoms. The van der Waals surface area contributed by atoms with Crippen molar-refractivity contribution in [1.82, 2.24) is 20.2 Å². The second-order valence-electron chi connectivity index (χ2n) is 6.53. The highest BCUT2D eigenvalue weighted by Gasteiger charge is 2.39. The minimum Gasteiger partial charge on any atom is -0.345 e. The van der Waals surface area contributed by atoms with Crippen LogP contribution < -0.4 is 10.2 Å². The minimum atomic E-state index is -0.427. The van der Waals surface area contributed by atoms with Crippen LogP contribution in [0.2, 0.25) is 0 Å². The molecule has 1 saturated carbocycles. The Morgan fingerprint density at radius 3 is 2.83 bits per heavy atom. The van der Waals surface area contributed by atoms with Gasteiger partial charge in [-0.1, -0.05) is 12.8 Å². The van der Waals surface area contributed by atoms with Crippen LogP contribution in [-0.2, 0) is 9.59 Å². The number of carbonyl (C=O) groups is 2. The first-order valence-electron chi connectivity index (χ1n) is 8.37. The van der Waals surface area contributed by atoms with Gasteiger partial charge in [0.15, 0.2) is 0 Å². The van der Waals surface area contributed by atoms with Crippen LogP contribution in [0.5, 0.6) is 0 Å². The minimum absolute atomic E-state index is 0.00475. The van der Waals surface area contributed by atoms with Gasteiger partial charge in [0.05, 0.1) is 13.1 Å². The lowest BCUT2D eigenvalue weighted by Crippen LogP contribution is -2.66. The molecule has 1 N–H and O–H groups in total. The number of nitrogens with zero attached hydrogens (tertiary/aromatic N) is 4. The summed E-state index contributed by atoms with van der Waals surface area (Å²) < 4.78 is 0. The van der Waals surface area contributed by atoms with Crippen LogP contribution in [0.25, 0.3) is 0 Å². The molecule has 1 aromatic rings. The van der Waals surface area contributed by atoms with Gasteiger partial charge in [-0.3, -0.25) is 9.59 Å². The lowest BCUT2D eigenvalue weighted by atomic mass is 10.0. The van der Waals surface area contributed by atoms with Crippen molar-refractivity contribution in [2.45, 2.75) is 37.6 Å². The SMILES string of the molecule is O=C1NCC(=O)N2CCN(c3nccc(C4CCCC4)n3)C[C@@H]12. The summed E-state index contributed by atoms with van der Waals surface area (Å²) in [4.78, 5) is 36.8. The molecule has 0 bridgehead atoms. The topological polar surface area (TPSA) is 78.4 Å². The van der Waals surface area contributed by atoms with Crippen molar-refractivity contribution in [3.8, 4) is 0 Å². The highest BCUT2D eigenvalue weighted by Crippen LogP contribution is 2.33. The molecule has 1 aromatic heterocycles. The number of piperazine rings is 2. The number of nitrogens with one attached hydrogen (secondary N) is 1. The van der Waals surface area contributed by atoms with E-state index in [9.17, 15) is 9.59 Å². The summed E-state index contributed by atoms with van der Waals surface area (Å²) in [6, 6.07) is 1.58.